The maximum absolute atomic E-state index is 11.8. The molecule has 2 aromatic heterocycles. The molecule has 0 saturated carbocycles. The standard InChI is InChI=1S/C15H19N5O2S/c1-19-3-4-20(8-15(19)22)14-6-13(17-10-18-14)16-7-12(21)11-2-5-23-9-11/h2,5-6,9-10,12,21H,3-4,7-8H2,1H3,(H,16,17,18). The Morgan fingerprint density at radius 3 is 3.04 bits per heavy atom. The van der Waals surface area contributed by atoms with E-state index in [9.17, 15) is 9.90 Å². The van der Waals surface area contributed by atoms with Crippen molar-refractivity contribution in [2.24, 2.45) is 0 Å². The van der Waals surface area contributed by atoms with Gasteiger partial charge in [0.15, 0.2) is 0 Å². The van der Waals surface area contributed by atoms with Gasteiger partial charge in [0.05, 0.1) is 12.6 Å². The summed E-state index contributed by atoms with van der Waals surface area (Å²) in [6.07, 6.45) is 0.891. The van der Waals surface area contributed by atoms with E-state index in [-0.39, 0.29) is 5.91 Å². The maximum atomic E-state index is 11.8. The van der Waals surface area contributed by atoms with Crippen LogP contribution in [0.25, 0.3) is 0 Å². The summed E-state index contributed by atoms with van der Waals surface area (Å²) in [4.78, 5) is 23.9. The minimum atomic E-state index is -0.579. The number of hydrogen-bond acceptors (Lipinski definition) is 7. The minimum Gasteiger partial charge on any atom is -0.387 e. The first-order chi connectivity index (χ1) is 11.1. The molecule has 23 heavy (non-hydrogen) atoms. The summed E-state index contributed by atoms with van der Waals surface area (Å²) in [5.41, 5.74) is 0.890. The molecule has 0 aromatic carbocycles. The van der Waals surface area contributed by atoms with Crippen LogP contribution in [0.5, 0.6) is 0 Å². The van der Waals surface area contributed by atoms with Crippen LogP contribution in [-0.2, 0) is 4.79 Å². The van der Waals surface area contributed by atoms with E-state index in [1.807, 2.05) is 21.7 Å². The smallest absolute Gasteiger partial charge is 0.241 e. The topological polar surface area (TPSA) is 81.6 Å². The Kier molecular flexibility index (Phi) is 4.73. The summed E-state index contributed by atoms with van der Waals surface area (Å²) in [5.74, 6) is 1.43. The van der Waals surface area contributed by atoms with Gasteiger partial charge in [0.1, 0.15) is 18.0 Å². The molecule has 122 valence electrons. The quantitative estimate of drug-likeness (QED) is 0.848. The number of anilines is 2. The number of carbonyl (C=O) groups excluding carboxylic acids is 1. The fraction of sp³-hybridized carbons (Fsp3) is 0.400. The van der Waals surface area contributed by atoms with Crippen molar-refractivity contribution in [3.05, 3.63) is 34.8 Å². The van der Waals surface area contributed by atoms with E-state index < -0.39 is 6.10 Å². The summed E-state index contributed by atoms with van der Waals surface area (Å²) in [6, 6.07) is 3.71. The lowest BCUT2D eigenvalue weighted by molar-refractivity contribution is -0.129. The minimum absolute atomic E-state index is 0.0808. The first kappa shape index (κ1) is 15.7. The first-order valence-corrected chi connectivity index (χ1v) is 8.33. The lowest BCUT2D eigenvalue weighted by Crippen LogP contribution is -2.48. The van der Waals surface area contributed by atoms with Crippen molar-refractivity contribution in [2.45, 2.75) is 6.10 Å². The van der Waals surface area contributed by atoms with Gasteiger partial charge in [-0.15, -0.1) is 0 Å². The van der Waals surface area contributed by atoms with Crippen LogP contribution in [0.15, 0.2) is 29.2 Å². The molecule has 1 atom stereocenters. The molecule has 1 aliphatic rings. The summed E-state index contributed by atoms with van der Waals surface area (Å²) >= 11 is 1.56. The number of piperazine rings is 1. The number of carbonyl (C=O) groups is 1. The number of amides is 1. The molecular weight excluding hydrogens is 314 g/mol. The highest BCUT2D eigenvalue weighted by Crippen LogP contribution is 2.19. The second-order valence-electron chi connectivity index (χ2n) is 5.45. The van der Waals surface area contributed by atoms with Crippen molar-refractivity contribution in [3.8, 4) is 0 Å². The van der Waals surface area contributed by atoms with Crippen molar-refractivity contribution < 1.29 is 9.90 Å². The van der Waals surface area contributed by atoms with Gasteiger partial charge in [0.2, 0.25) is 5.91 Å². The van der Waals surface area contributed by atoms with Gasteiger partial charge in [0, 0.05) is 32.7 Å². The Labute approximate surface area is 138 Å². The number of aliphatic hydroxyl groups excluding tert-OH is 1. The summed E-state index contributed by atoms with van der Waals surface area (Å²) in [7, 11) is 1.80. The molecule has 7 nitrogen and oxygen atoms in total. The second kappa shape index (κ2) is 6.93. The third-order valence-corrected chi connectivity index (χ3v) is 4.54. The molecule has 0 radical (unpaired) electrons. The lowest BCUT2D eigenvalue weighted by Gasteiger charge is -2.32. The van der Waals surface area contributed by atoms with Crippen LogP contribution >= 0.6 is 11.3 Å². The van der Waals surface area contributed by atoms with E-state index in [2.05, 4.69) is 15.3 Å². The fourth-order valence-corrected chi connectivity index (χ4v) is 3.06. The molecule has 0 bridgehead atoms. The van der Waals surface area contributed by atoms with Gasteiger partial charge in [-0.2, -0.15) is 11.3 Å². The van der Waals surface area contributed by atoms with E-state index in [0.717, 1.165) is 12.1 Å². The van der Waals surface area contributed by atoms with Gasteiger partial charge >= 0.3 is 0 Å². The largest absolute Gasteiger partial charge is 0.387 e. The molecule has 1 fully saturated rings. The van der Waals surface area contributed by atoms with Crippen LogP contribution in [0.4, 0.5) is 11.6 Å². The lowest BCUT2D eigenvalue weighted by atomic mass is 10.2. The van der Waals surface area contributed by atoms with Gasteiger partial charge in [-0.25, -0.2) is 9.97 Å². The molecule has 1 amide bonds. The van der Waals surface area contributed by atoms with Crippen LogP contribution in [-0.4, -0.2) is 59.1 Å². The van der Waals surface area contributed by atoms with Crippen LogP contribution in [0, 0.1) is 0 Å². The Hall–Kier alpha value is -2.19. The SMILES string of the molecule is CN1CCN(c2cc(NCC(O)c3ccsc3)ncn2)CC1=O. The Bertz CT molecular complexity index is 664. The fourth-order valence-electron chi connectivity index (χ4n) is 2.35. The number of hydrogen-bond donors (Lipinski definition) is 2. The van der Waals surface area contributed by atoms with Crippen molar-refractivity contribution in [1.29, 1.82) is 0 Å². The number of aliphatic hydroxyl groups is 1. The second-order valence-corrected chi connectivity index (χ2v) is 6.23. The monoisotopic (exact) mass is 333 g/mol. The zero-order chi connectivity index (χ0) is 16.2. The highest BCUT2D eigenvalue weighted by Gasteiger charge is 2.22. The van der Waals surface area contributed by atoms with Gasteiger partial charge < -0.3 is 20.2 Å². The van der Waals surface area contributed by atoms with E-state index in [4.69, 9.17) is 0 Å². The van der Waals surface area contributed by atoms with Gasteiger partial charge in [0.25, 0.3) is 0 Å². The molecule has 2 N–H and O–H groups in total. The number of likely N-dealkylation sites (N-methyl/N-ethyl adjacent to an activating group) is 1. The third kappa shape index (κ3) is 3.77. The summed E-state index contributed by atoms with van der Waals surface area (Å²) in [6.45, 7) is 2.12. The molecule has 0 spiro atoms. The number of nitrogens with zero attached hydrogens (tertiary/aromatic N) is 4. The average Bonchev–Trinajstić information content (AvgIpc) is 3.10. The number of rotatable bonds is 5. The van der Waals surface area contributed by atoms with E-state index in [1.54, 1.807) is 29.4 Å². The molecule has 1 aliphatic heterocycles. The third-order valence-electron chi connectivity index (χ3n) is 3.84. The first-order valence-electron chi connectivity index (χ1n) is 7.38. The van der Waals surface area contributed by atoms with Crippen LogP contribution in [0.3, 0.4) is 0 Å². The summed E-state index contributed by atoms with van der Waals surface area (Å²) < 4.78 is 0. The van der Waals surface area contributed by atoms with Crippen LogP contribution in [0.1, 0.15) is 11.7 Å². The summed E-state index contributed by atoms with van der Waals surface area (Å²) in [5, 5.41) is 17.1. The number of nitrogens with one attached hydrogen (secondary N) is 1. The van der Waals surface area contributed by atoms with Crippen LogP contribution in [0.2, 0.25) is 0 Å². The molecule has 0 aliphatic carbocycles. The van der Waals surface area contributed by atoms with Crippen LogP contribution < -0.4 is 10.2 Å². The number of aromatic nitrogens is 2. The van der Waals surface area contributed by atoms with E-state index in [1.165, 1.54) is 6.33 Å². The normalized spacial score (nSPS) is 16.5. The zero-order valence-electron chi connectivity index (χ0n) is 12.8. The van der Waals surface area contributed by atoms with Crippen molar-refractivity contribution in [3.63, 3.8) is 0 Å². The Balaban J connectivity index is 1.62. The van der Waals surface area contributed by atoms with Gasteiger partial charge in [-0.1, -0.05) is 0 Å². The Morgan fingerprint density at radius 1 is 1.43 bits per heavy atom. The van der Waals surface area contributed by atoms with Gasteiger partial charge in [-0.3, -0.25) is 4.79 Å². The van der Waals surface area contributed by atoms with E-state index >= 15 is 0 Å². The molecular formula is C15H19N5O2S. The predicted molar refractivity (Wildman–Crippen MR) is 89.7 cm³/mol. The maximum Gasteiger partial charge on any atom is 0.241 e. The number of thiophene rings is 1. The van der Waals surface area contributed by atoms with E-state index in [0.29, 0.717) is 31.3 Å². The molecule has 3 heterocycles. The van der Waals surface area contributed by atoms with Crippen molar-refractivity contribution in [1.82, 2.24) is 14.9 Å². The Morgan fingerprint density at radius 2 is 2.30 bits per heavy atom. The highest BCUT2D eigenvalue weighted by atomic mass is 32.1. The average molecular weight is 333 g/mol. The predicted octanol–water partition coefficient (Wildman–Crippen LogP) is 0.962. The highest BCUT2D eigenvalue weighted by molar-refractivity contribution is 7.07. The molecule has 8 heteroatoms. The molecule has 2 aromatic rings. The van der Waals surface area contributed by atoms with Gasteiger partial charge in [-0.05, 0) is 22.4 Å². The molecule has 1 saturated heterocycles. The molecule has 1 unspecified atom stereocenters. The zero-order valence-corrected chi connectivity index (χ0v) is 13.7. The molecule has 3 rings (SSSR count). The van der Waals surface area contributed by atoms with Crippen molar-refractivity contribution >= 4 is 28.9 Å². The van der Waals surface area contributed by atoms with Crippen molar-refractivity contribution in [2.75, 3.05) is 43.4 Å².